The Hall–Kier alpha value is -0.0200. The number of halogens is 3. The molecule has 0 saturated carbocycles. The molecule has 0 amide bonds. The van der Waals surface area contributed by atoms with Gasteiger partial charge in [-0.3, -0.25) is 0 Å². The highest BCUT2D eigenvalue weighted by Crippen LogP contribution is 2.43. The summed E-state index contributed by atoms with van der Waals surface area (Å²) in [7, 11) is 0. The van der Waals surface area contributed by atoms with Gasteiger partial charge in [0, 0.05) is 10.6 Å². The molecular weight excluding hydrogens is 287 g/mol. The van der Waals surface area contributed by atoms with Crippen LogP contribution in [0.5, 0.6) is 5.75 Å². The summed E-state index contributed by atoms with van der Waals surface area (Å²) in [6, 6.07) is 1.62. The number of thioether (sulfide) groups is 1. The topological polar surface area (TPSA) is 20.2 Å². The maximum absolute atomic E-state index is 9.45. The standard InChI is InChI=1S/C11H11Cl3OS/c1-2-3-4-5-16-8-6-7(12)11(15)10(14)9(8)13/h3-4,6,15H,2,5H2,1H3. The molecule has 0 heterocycles. The van der Waals surface area contributed by atoms with Crippen molar-refractivity contribution in [3.63, 3.8) is 0 Å². The van der Waals surface area contributed by atoms with Gasteiger partial charge in [0.2, 0.25) is 0 Å². The van der Waals surface area contributed by atoms with Crippen LogP contribution < -0.4 is 0 Å². The number of hydrogen-bond acceptors (Lipinski definition) is 2. The Kier molecular flexibility index (Phi) is 5.84. The lowest BCUT2D eigenvalue weighted by molar-refractivity contribution is 0.475. The Morgan fingerprint density at radius 3 is 2.56 bits per heavy atom. The molecule has 1 aromatic carbocycles. The van der Waals surface area contributed by atoms with Crippen LogP contribution in [-0.4, -0.2) is 10.9 Å². The van der Waals surface area contributed by atoms with Crippen LogP contribution in [0.4, 0.5) is 0 Å². The van der Waals surface area contributed by atoms with Crippen molar-refractivity contribution in [2.24, 2.45) is 0 Å². The normalized spacial score (nSPS) is 11.2. The van der Waals surface area contributed by atoms with Crippen LogP contribution in [0.1, 0.15) is 13.3 Å². The number of benzene rings is 1. The fourth-order valence-electron chi connectivity index (χ4n) is 1.04. The van der Waals surface area contributed by atoms with Crippen LogP contribution in [0.15, 0.2) is 23.1 Å². The van der Waals surface area contributed by atoms with Crippen molar-refractivity contribution in [2.75, 3.05) is 5.75 Å². The van der Waals surface area contributed by atoms with E-state index < -0.39 is 0 Å². The smallest absolute Gasteiger partial charge is 0.154 e. The summed E-state index contributed by atoms with van der Waals surface area (Å²) >= 11 is 19.2. The molecule has 1 rings (SSSR count). The second kappa shape index (κ2) is 6.65. The summed E-state index contributed by atoms with van der Waals surface area (Å²) in [6.07, 6.45) is 5.13. The minimum Gasteiger partial charge on any atom is -0.505 e. The fraction of sp³-hybridized carbons (Fsp3) is 0.273. The van der Waals surface area contributed by atoms with E-state index in [1.807, 2.05) is 0 Å². The maximum Gasteiger partial charge on any atom is 0.154 e. The number of rotatable bonds is 4. The van der Waals surface area contributed by atoms with Gasteiger partial charge < -0.3 is 5.11 Å². The second-order valence-corrected chi connectivity index (χ2v) is 5.25. The Balaban J connectivity index is 2.85. The summed E-state index contributed by atoms with van der Waals surface area (Å²) in [4.78, 5) is 0.773. The van der Waals surface area contributed by atoms with Crippen LogP contribution in [0, 0.1) is 0 Å². The van der Waals surface area contributed by atoms with Crippen molar-refractivity contribution in [3.05, 3.63) is 33.3 Å². The Labute approximate surface area is 114 Å². The number of phenols is 1. The molecule has 1 N–H and O–H groups in total. The molecule has 0 aliphatic rings. The van der Waals surface area contributed by atoms with Gasteiger partial charge in [-0.1, -0.05) is 53.9 Å². The van der Waals surface area contributed by atoms with Crippen LogP contribution in [0.3, 0.4) is 0 Å². The molecule has 0 fully saturated rings. The fourth-order valence-corrected chi connectivity index (χ4v) is 2.77. The van der Waals surface area contributed by atoms with Gasteiger partial charge in [0.05, 0.1) is 10.0 Å². The zero-order valence-corrected chi connectivity index (χ0v) is 11.7. The van der Waals surface area contributed by atoms with Gasteiger partial charge in [0.25, 0.3) is 0 Å². The van der Waals surface area contributed by atoms with E-state index in [1.165, 1.54) is 11.8 Å². The predicted molar refractivity (Wildman–Crippen MR) is 73.3 cm³/mol. The summed E-state index contributed by atoms with van der Waals surface area (Å²) < 4.78 is 0. The van der Waals surface area contributed by atoms with E-state index >= 15 is 0 Å². The van der Waals surface area contributed by atoms with E-state index in [0.717, 1.165) is 17.1 Å². The van der Waals surface area contributed by atoms with Crippen LogP contribution >= 0.6 is 46.6 Å². The first-order chi connectivity index (χ1) is 7.57. The highest BCUT2D eigenvalue weighted by atomic mass is 35.5. The van der Waals surface area contributed by atoms with Crippen molar-refractivity contribution in [2.45, 2.75) is 18.2 Å². The summed E-state index contributed by atoms with van der Waals surface area (Å²) in [5.74, 6) is 0.632. The van der Waals surface area contributed by atoms with Gasteiger partial charge in [-0.15, -0.1) is 11.8 Å². The maximum atomic E-state index is 9.45. The molecule has 0 bridgehead atoms. The van der Waals surface area contributed by atoms with Crippen LogP contribution in [-0.2, 0) is 0 Å². The highest BCUT2D eigenvalue weighted by molar-refractivity contribution is 7.99. The van der Waals surface area contributed by atoms with E-state index in [-0.39, 0.29) is 15.8 Å². The molecule has 1 aromatic rings. The largest absolute Gasteiger partial charge is 0.505 e. The molecule has 0 atom stereocenters. The highest BCUT2D eigenvalue weighted by Gasteiger charge is 2.13. The van der Waals surface area contributed by atoms with Crippen LogP contribution in [0.25, 0.3) is 0 Å². The minimum absolute atomic E-state index is 0.108. The molecule has 1 nitrogen and oxygen atoms in total. The van der Waals surface area contributed by atoms with Gasteiger partial charge in [-0.05, 0) is 12.5 Å². The molecule has 0 aromatic heterocycles. The number of phenolic OH excluding ortho intramolecular Hbond substituents is 1. The molecule has 0 saturated heterocycles. The van der Waals surface area contributed by atoms with E-state index in [4.69, 9.17) is 34.8 Å². The molecular formula is C11H11Cl3OS. The zero-order chi connectivity index (χ0) is 12.1. The Morgan fingerprint density at radius 2 is 1.94 bits per heavy atom. The van der Waals surface area contributed by atoms with Crippen molar-refractivity contribution in [3.8, 4) is 5.75 Å². The number of aromatic hydroxyl groups is 1. The van der Waals surface area contributed by atoms with Gasteiger partial charge in [0.15, 0.2) is 5.75 Å². The predicted octanol–water partition coefficient (Wildman–Crippen LogP) is 5.41. The Bertz CT molecular complexity index is 405. The molecule has 88 valence electrons. The van der Waals surface area contributed by atoms with Crippen LogP contribution in [0.2, 0.25) is 15.1 Å². The SMILES string of the molecule is CCC=CCSc1cc(Cl)c(O)c(Cl)c1Cl. The Morgan fingerprint density at radius 1 is 1.25 bits per heavy atom. The lowest BCUT2D eigenvalue weighted by atomic mass is 10.3. The van der Waals surface area contributed by atoms with Gasteiger partial charge >= 0.3 is 0 Å². The average molecular weight is 298 g/mol. The lowest BCUT2D eigenvalue weighted by Crippen LogP contribution is -1.81. The van der Waals surface area contributed by atoms with Gasteiger partial charge in [0.1, 0.15) is 5.02 Å². The average Bonchev–Trinajstić information content (AvgIpc) is 2.28. The minimum atomic E-state index is -0.165. The summed E-state index contributed by atoms with van der Waals surface area (Å²) in [5, 5.41) is 10.1. The monoisotopic (exact) mass is 296 g/mol. The third kappa shape index (κ3) is 3.49. The molecule has 0 radical (unpaired) electrons. The van der Waals surface area contributed by atoms with E-state index in [9.17, 15) is 5.11 Å². The van der Waals surface area contributed by atoms with Crippen molar-refractivity contribution in [1.29, 1.82) is 0 Å². The van der Waals surface area contributed by atoms with E-state index in [2.05, 4.69) is 19.1 Å². The third-order valence-corrected chi connectivity index (χ3v) is 4.09. The van der Waals surface area contributed by atoms with Crippen molar-refractivity contribution < 1.29 is 5.11 Å². The van der Waals surface area contributed by atoms with Gasteiger partial charge in [-0.2, -0.15) is 0 Å². The van der Waals surface area contributed by atoms with Gasteiger partial charge in [-0.25, -0.2) is 0 Å². The molecule has 0 aliphatic carbocycles. The van der Waals surface area contributed by atoms with Crippen molar-refractivity contribution in [1.82, 2.24) is 0 Å². The summed E-state index contributed by atoms with van der Waals surface area (Å²) in [5.41, 5.74) is 0. The second-order valence-electron chi connectivity index (χ2n) is 3.02. The number of hydrogen-bond donors (Lipinski definition) is 1. The third-order valence-electron chi connectivity index (χ3n) is 1.84. The van der Waals surface area contributed by atoms with Crippen molar-refractivity contribution >= 4 is 46.6 Å². The molecule has 0 spiro atoms. The molecule has 16 heavy (non-hydrogen) atoms. The van der Waals surface area contributed by atoms with E-state index in [1.54, 1.807) is 6.07 Å². The zero-order valence-electron chi connectivity index (χ0n) is 8.64. The first-order valence-corrected chi connectivity index (χ1v) is 6.84. The number of allylic oxidation sites excluding steroid dienone is 1. The molecule has 5 heteroatoms. The quantitative estimate of drug-likeness (QED) is 0.455. The molecule has 0 unspecified atom stereocenters. The lowest BCUT2D eigenvalue weighted by Gasteiger charge is -2.07. The van der Waals surface area contributed by atoms with E-state index in [0.29, 0.717) is 5.02 Å². The first-order valence-electron chi connectivity index (χ1n) is 4.72. The summed E-state index contributed by atoms with van der Waals surface area (Å²) in [6.45, 7) is 2.07. The first kappa shape index (κ1) is 14.0. The molecule has 0 aliphatic heterocycles.